The zero-order valence-electron chi connectivity index (χ0n) is 11.5. The molecule has 0 radical (unpaired) electrons. The van der Waals surface area contributed by atoms with Crippen LogP contribution in [0.25, 0.3) is 0 Å². The Balaban J connectivity index is 2.02. The van der Waals surface area contributed by atoms with E-state index in [9.17, 15) is 8.78 Å². The van der Waals surface area contributed by atoms with Crippen molar-refractivity contribution < 1.29 is 18.3 Å². The molecule has 6 heteroatoms. The largest absolute Gasteiger partial charge is 0.493 e. The van der Waals surface area contributed by atoms with Crippen molar-refractivity contribution in [2.24, 2.45) is 5.73 Å². The average molecular weight is 286 g/mol. The van der Waals surface area contributed by atoms with Crippen LogP contribution in [0.2, 0.25) is 0 Å². The Kier molecular flexibility index (Phi) is 5.14. The summed E-state index contributed by atoms with van der Waals surface area (Å²) in [5, 5.41) is 0. The molecule has 0 spiro atoms. The normalized spacial score (nSPS) is 17.4. The van der Waals surface area contributed by atoms with Gasteiger partial charge in [-0.25, -0.2) is 0 Å². The number of likely N-dealkylation sites (tertiary alicyclic amines) is 1. The Morgan fingerprint density at radius 1 is 1.30 bits per heavy atom. The number of halogens is 2. The topological polar surface area (TPSA) is 47.7 Å². The lowest BCUT2D eigenvalue weighted by molar-refractivity contribution is -0.0512. The van der Waals surface area contributed by atoms with E-state index in [1.807, 2.05) is 0 Å². The summed E-state index contributed by atoms with van der Waals surface area (Å²) in [6, 6.07) is 5.35. The van der Waals surface area contributed by atoms with Crippen molar-refractivity contribution in [1.82, 2.24) is 4.90 Å². The molecule has 4 nitrogen and oxygen atoms in total. The van der Waals surface area contributed by atoms with E-state index >= 15 is 0 Å². The van der Waals surface area contributed by atoms with Gasteiger partial charge in [-0.15, -0.1) is 0 Å². The SMILES string of the molecule is COc1cc(CN2CCC(N)CC2)ccc1OC(F)F. The summed E-state index contributed by atoms with van der Waals surface area (Å²) in [7, 11) is 1.44. The summed E-state index contributed by atoms with van der Waals surface area (Å²) in [5.74, 6) is 0.392. The van der Waals surface area contributed by atoms with E-state index < -0.39 is 6.61 Å². The van der Waals surface area contributed by atoms with E-state index in [2.05, 4.69) is 9.64 Å². The summed E-state index contributed by atoms with van der Waals surface area (Å²) in [6.07, 6.45) is 1.98. The van der Waals surface area contributed by atoms with Gasteiger partial charge in [0, 0.05) is 12.6 Å². The fourth-order valence-corrected chi connectivity index (χ4v) is 2.37. The van der Waals surface area contributed by atoms with Crippen LogP contribution < -0.4 is 15.2 Å². The van der Waals surface area contributed by atoms with Crippen molar-refractivity contribution >= 4 is 0 Å². The third-order valence-corrected chi connectivity index (χ3v) is 3.48. The number of hydrogen-bond acceptors (Lipinski definition) is 4. The van der Waals surface area contributed by atoms with Gasteiger partial charge in [0.05, 0.1) is 7.11 Å². The third-order valence-electron chi connectivity index (χ3n) is 3.48. The molecular formula is C14H20F2N2O2. The van der Waals surface area contributed by atoms with Crippen molar-refractivity contribution in [2.75, 3.05) is 20.2 Å². The van der Waals surface area contributed by atoms with Crippen molar-refractivity contribution in [2.45, 2.75) is 32.0 Å². The molecule has 2 N–H and O–H groups in total. The molecule has 0 aliphatic carbocycles. The molecule has 1 fully saturated rings. The monoisotopic (exact) mass is 286 g/mol. The third kappa shape index (κ3) is 4.05. The predicted octanol–water partition coefficient (Wildman–Crippen LogP) is 2.22. The summed E-state index contributed by atoms with van der Waals surface area (Å²) in [6.45, 7) is -0.173. The van der Waals surface area contributed by atoms with Gasteiger partial charge < -0.3 is 15.2 Å². The number of piperidine rings is 1. The van der Waals surface area contributed by atoms with E-state index in [-0.39, 0.29) is 5.75 Å². The van der Waals surface area contributed by atoms with E-state index in [1.165, 1.54) is 13.2 Å². The lowest BCUT2D eigenvalue weighted by Gasteiger charge is -2.30. The average Bonchev–Trinajstić information content (AvgIpc) is 2.42. The van der Waals surface area contributed by atoms with Crippen LogP contribution in [0.15, 0.2) is 18.2 Å². The van der Waals surface area contributed by atoms with E-state index in [4.69, 9.17) is 10.5 Å². The van der Waals surface area contributed by atoms with Crippen molar-refractivity contribution in [3.05, 3.63) is 23.8 Å². The highest BCUT2D eigenvalue weighted by molar-refractivity contribution is 5.43. The van der Waals surface area contributed by atoms with Crippen LogP contribution in [0.1, 0.15) is 18.4 Å². The first-order chi connectivity index (χ1) is 9.58. The first kappa shape index (κ1) is 15.0. The summed E-state index contributed by atoms with van der Waals surface area (Å²) in [4.78, 5) is 2.30. The zero-order chi connectivity index (χ0) is 14.5. The van der Waals surface area contributed by atoms with Gasteiger partial charge in [-0.1, -0.05) is 6.07 Å². The van der Waals surface area contributed by atoms with Gasteiger partial charge in [0.15, 0.2) is 11.5 Å². The second-order valence-corrected chi connectivity index (χ2v) is 4.98. The molecule has 0 bridgehead atoms. The smallest absolute Gasteiger partial charge is 0.387 e. The maximum Gasteiger partial charge on any atom is 0.387 e. The van der Waals surface area contributed by atoms with Gasteiger partial charge in [0.2, 0.25) is 0 Å². The maximum absolute atomic E-state index is 12.2. The fourth-order valence-electron chi connectivity index (χ4n) is 2.37. The van der Waals surface area contributed by atoms with Crippen LogP contribution in [0.5, 0.6) is 11.5 Å². The summed E-state index contributed by atoms with van der Waals surface area (Å²) in [5.41, 5.74) is 6.88. The Bertz CT molecular complexity index is 435. The van der Waals surface area contributed by atoms with E-state index in [0.717, 1.165) is 38.0 Å². The van der Waals surface area contributed by atoms with Crippen LogP contribution in [-0.2, 0) is 6.54 Å². The number of nitrogens with zero attached hydrogens (tertiary/aromatic N) is 1. The highest BCUT2D eigenvalue weighted by atomic mass is 19.3. The number of methoxy groups -OCH3 is 1. The second-order valence-electron chi connectivity index (χ2n) is 4.98. The number of benzene rings is 1. The molecule has 0 aromatic heterocycles. The maximum atomic E-state index is 12.2. The van der Waals surface area contributed by atoms with Crippen LogP contribution in [0.4, 0.5) is 8.78 Å². The van der Waals surface area contributed by atoms with Crippen molar-refractivity contribution in [1.29, 1.82) is 0 Å². The van der Waals surface area contributed by atoms with Crippen LogP contribution in [-0.4, -0.2) is 37.8 Å². The van der Waals surface area contributed by atoms with Gasteiger partial charge in [-0.3, -0.25) is 4.90 Å². The Morgan fingerprint density at radius 2 is 2.00 bits per heavy atom. The summed E-state index contributed by atoms with van der Waals surface area (Å²) < 4.78 is 34.0. The number of ether oxygens (including phenoxy) is 2. The molecule has 20 heavy (non-hydrogen) atoms. The van der Waals surface area contributed by atoms with Gasteiger partial charge in [-0.05, 0) is 43.6 Å². The molecule has 1 aromatic carbocycles. The first-order valence-electron chi connectivity index (χ1n) is 6.68. The molecule has 1 aromatic rings. The Hall–Kier alpha value is -1.40. The molecule has 0 unspecified atom stereocenters. The van der Waals surface area contributed by atoms with Gasteiger partial charge in [0.25, 0.3) is 0 Å². The standard InChI is InChI=1S/C14H20F2N2O2/c1-19-13-8-10(2-3-12(13)20-14(15)16)9-18-6-4-11(17)5-7-18/h2-3,8,11,14H,4-7,9,17H2,1H3. The molecule has 2 rings (SSSR count). The van der Waals surface area contributed by atoms with Crippen molar-refractivity contribution in [3.63, 3.8) is 0 Å². The van der Waals surface area contributed by atoms with Crippen LogP contribution in [0, 0.1) is 0 Å². The highest BCUT2D eigenvalue weighted by Crippen LogP contribution is 2.30. The predicted molar refractivity (Wildman–Crippen MR) is 72.1 cm³/mol. The molecular weight excluding hydrogens is 266 g/mol. The Labute approximate surface area is 117 Å². The molecule has 1 aliphatic heterocycles. The lowest BCUT2D eigenvalue weighted by atomic mass is 10.1. The highest BCUT2D eigenvalue weighted by Gasteiger charge is 2.17. The minimum absolute atomic E-state index is 0.0620. The van der Waals surface area contributed by atoms with Gasteiger partial charge in [-0.2, -0.15) is 8.78 Å². The number of alkyl halides is 2. The van der Waals surface area contributed by atoms with Crippen molar-refractivity contribution in [3.8, 4) is 11.5 Å². The molecule has 0 atom stereocenters. The molecule has 0 saturated carbocycles. The molecule has 0 amide bonds. The Morgan fingerprint density at radius 3 is 2.60 bits per heavy atom. The molecule has 1 heterocycles. The minimum atomic E-state index is -2.85. The number of hydrogen-bond donors (Lipinski definition) is 1. The number of nitrogens with two attached hydrogens (primary N) is 1. The van der Waals surface area contributed by atoms with Gasteiger partial charge in [0.1, 0.15) is 0 Å². The van der Waals surface area contributed by atoms with E-state index in [0.29, 0.717) is 11.8 Å². The van der Waals surface area contributed by atoms with Crippen LogP contribution >= 0.6 is 0 Å². The molecule has 1 aliphatic rings. The lowest BCUT2D eigenvalue weighted by Crippen LogP contribution is -2.39. The molecule has 112 valence electrons. The zero-order valence-corrected chi connectivity index (χ0v) is 11.5. The fraction of sp³-hybridized carbons (Fsp3) is 0.571. The minimum Gasteiger partial charge on any atom is -0.493 e. The first-order valence-corrected chi connectivity index (χ1v) is 6.68. The second kappa shape index (κ2) is 6.85. The summed E-state index contributed by atoms with van der Waals surface area (Å²) >= 11 is 0. The van der Waals surface area contributed by atoms with Gasteiger partial charge >= 0.3 is 6.61 Å². The van der Waals surface area contributed by atoms with E-state index in [1.54, 1.807) is 12.1 Å². The quantitative estimate of drug-likeness (QED) is 0.901. The number of rotatable bonds is 5. The molecule has 1 saturated heterocycles. The van der Waals surface area contributed by atoms with Crippen LogP contribution in [0.3, 0.4) is 0 Å².